The lowest BCUT2D eigenvalue weighted by Crippen LogP contribution is -1.99. The Hall–Kier alpha value is -1.62. The van der Waals surface area contributed by atoms with Gasteiger partial charge in [-0.05, 0) is 26.3 Å². The number of ether oxygens (including phenoxy) is 1. The summed E-state index contributed by atoms with van der Waals surface area (Å²) in [5.41, 5.74) is 3.35. The molecule has 0 radical (unpaired) electrons. The molecule has 2 aromatic heterocycles. The first-order chi connectivity index (χ1) is 8.66. The van der Waals surface area contributed by atoms with Crippen molar-refractivity contribution in [3.8, 4) is 11.5 Å². The van der Waals surface area contributed by atoms with Crippen LogP contribution in [0.4, 0.5) is 0 Å². The van der Waals surface area contributed by atoms with E-state index >= 15 is 0 Å². The van der Waals surface area contributed by atoms with E-state index in [-0.39, 0.29) is 5.92 Å². The van der Waals surface area contributed by atoms with Crippen LogP contribution >= 0.6 is 0 Å². The first-order valence-corrected chi connectivity index (χ1v) is 6.21. The van der Waals surface area contributed by atoms with Gasteiger partial charge in [-0.15, -0.1) is 0 Å². The number of hydrogen-bond acceptors (Lipinski definition) is 4. The monoisotopic (exact) mass is 247 g/mol. The third-order valence-electron chi connectivity index (χ3n) is 3.74. The molecule has 3 heterocycles. The fourth-order valence-corrected chi connectivity index (χ4v) is 2.32. The summed E-state index contributed by atoms with van der Waals surface area (Å²) in [5.74, 6) is 1.66. The van der Waals surface area contributed by atoms with Gasteiger partial charge in [0.05, 0.1) is 12.2 Å². The second-order valence-electron chi connectivity index (χ2n) is 4.86. The minimum Gasteiger partial charge on any atom is -0.381 e. The molecule has 5 nitrogen and oxygen atoms in total. The zero-order valence-electron chi connectivity index (χ0n) is 10.9. The lowest BCUT2D eigenvalue weighted by atomic mass is 10.1. The molecule has 3 rings (SSSR count). The van der Waals surface area contributed by atoms with Gasteiger partial charge in [0, 0.05) is 31.0 Å². The summed E-state index contributed by atoms with van der Waals surface area (Å²) >= 11 is 0. The predicted molar refractivity (Wildman–Crippen MR) is 66.4 cm³/mol. The maximum atomic E-state index is 5.38. The molecule has 5 heteroatoms. The number of nitrogens with zero attached hydrogens (tertiary/aromatic N) is 3. The van der Waals surface area contributed by atoms with Crippen molar-refractivity contribution in [3.63, 3.8) is 0 Å². The molecular weight excluding hydrogens is 230 g/mol. The smallest absolute Gasteiger partial charge is 0.259 e. The lowest BCUT2D eigenvalue weighted by Gasteiger charge is -1.99. The third-order valence-corrected chi connectivity index (χ3v) is 3.74. The second-order valence-corrected chi connectivity index (χ2v) is 4.86. The highest BCUT2D eigenvalue weighted by molar-refractivity contribution is 5.58. The van der Waals surface area contributed by atoms with Crippen LogP contribution in [0, 0.1) is 13.8 Å². The Balaban J connectivity index is 1.94. The van der Waals surface area contributed by atoms with Gasteiger partial charge in [-0.1, -0.05) is 5.16 Å². The zero-order valence-corrected chi connectivity index (χ0v) is 10.9. The van der Waals surface area contributed by atoms with Crippen molar-refractivity contribution < 1.29 is 9.26 Å². The van der Waals surface area contributed by atoms with Crippen molar-refractivity contribution in [1.29, 1.82) is 0 Å². The van der Waals surface area contributed by atoms with Crippen LogP contribution in [0.2, 0.25) is 0 Å². The van der Waals surface area contributed by atoms with Crippen molar-refractivity contribution in [2.45, 2.75) is 26.2 Å². The molecule has 0 bridgehead atoms. The fourth-order valence-electron chi connectivity index (χ4n) is 2.32. The molecule has 0 N–H and O–H groups in total. The summed E-state index contributed by atoms with van der Waals surface area (Å²) in [5, 5.41) is 4.08. The minimum atomic E-state index is 0.285. The van der Waals surface area contributed by atoms with E-state index in [1.165, 1.54) is 5.69 Å². The summed E-state index contributed by atoms with van der Waals surface area (Å²) in [7, 11) is 2.04. The Kier molecular flexibility index (Phi) is 2.70. The van der Waals surface area contributed by atoms with Gasteiger partial charge in [0.15, 0.2) is 5.82 Å². The SMILES string of the molecule is Cc1cc(-c2nc([C@@H]3CCOC3)no2)c(C)n1C. The molecule has 1 atom stereocenters. The van der Waals surface area contributed by atoms with Crippen molar-refractivity contribution in [3.05, 3.63) is 23.3 Å². The maximum absolute atomic E-state index is 5.38. The second kappa shape index (κ2) is 4.24. The van der Waals surface area contributed by atoms with E-state index in [2.05, 4.69) is 34.6 Å². The molecule has 2 aromatic rings. The Bertz CT molecular complexity index is 565. The molecule has 1 aliphatic rings. The lowest BCUT2D eigenvalue weighted by molar-refractivity contribution is 0.192. The first kappa shape index (κ1) is 11.5. The van der Waals surface area contributed by atoms with Gasteiger partial charge < -0.3 is 13.8 Å². The maximum Gasteiger partial charge on any atom is 0.259 e. The van der Waals surface area contributed by atoms with Gasteiger partial charge in [0.2, 0.25) is 0 Å². The van der Waals surface area contributed by atoms with Crippen molar-refractivity contribution >= 4 is 0 Å². The highest BCUT2D eigenvalue weighted by Gasteiger charge is 2.24. The molecule has 0 unspecified atom stereocenters. The highest BCUT2D eigenvalue weighted by atomic mass is 16.5. The van der Waals surface area contributed by atoms with Gasteiger partial charge >= 0.3 is 0 Å². The van der Waals surface area contributed by atoms with Crippen LogP contribution in [-0.2, 0) is 11.8 Å². The van der Waals surface area contributed by atoms with E-state index in [1.807, 2.05) is 7.05 Å². The molecule has 1 aliphatic heterocycles. The van der Waals surface area contributed by atoms with Crippen LogP contribution in [-0.4, -0.2) is 27.9 Å². The summed E-state index contributed by atoms with van der Waals surface area (Å²) < 4.78 is 12.9. The van der Waals surface area contributed by atoms with E-state index < -0.39 is 0 Å². The van der Waals surface area contributed by atoms with Gasteiger partial charge in [0.1, 0.15) is 0 Å². The highest BCUT2D eigenvalue weighted by Crippen LogP contribution is 2.28. The van der Waals surface area contributed by atoms with E-state index in [1.54, 1.807) is 0 Å². The predicted octanol–water partition coefficient (Wildman–Crippen LogP) is 2.20. The molecule has 0 aromatic carbocycles. The van der Waals surface area contributed by atoms with Crippen LogP contribution in [0.1, 0.15) is 29.6 Å². The van der Waals surface area contributed by atoms with Gasteiger partial charge in [-0.3, -0.25) is 0 Å². The molecule has 0 amide bonds. The minimum absolute atomic E-state index is 0.285. The number of hydrogen-bond donors (Lipinski definition) is 0. The van der Waals surface area contributed by atoms with Crippen LogP contribution in [0.25, 0.3) is 11.5 Å². The summed E-state index contributed by atoms with van der Waals surface area (Å²) in [4.78, 5) is 4.51. The quantitative estimate of drug-likeness (QED) is 0.816. The van der Waals surface area contributed by atoms with Crippen LogP contribution in [0.5, 0.6) is 0 Å². The first-order valence-electron chi connectivity index (χ1n) is 6.21. The number of aryl methyl sites for hydroxylation is 1. The van der Waals surface area contributed by atoms with Crippen molar-refractivity contribution in [2.75, 3.05) is 13.2 Å². The standard InChI is InChI=1S/C13H17N3O2/c1-8-6-11(9(2)16(8)3)13-14-12(15-18-13)10-4-5-17-7-10/h6,10H,4-5,7H2,1-3H3/t10-/m1/s1. The molecule has 0 saturated carbocycles. The fraction of sp³-hybridized carbons (Fsp3) is 0.538. The van der Waals surface area contributed by atoms with E-state index in [4.69, 9.17) is 9.26 Å². The average Bonchev–Trinajstić information content (AvgIpc) is 3.05. The Morgan fingerprint density at radius 1 is 1.39 bits per heavy atom. The molecule has 96 valence electrons. The molecule has 1 fully saturated rings. The average molecular weight is 247 g/mol. The van der Waals surface area contributed by atoms with E-state index in [0.29, 0.717) is 12.5 Å². The molecule has 0 aliphatic carbocycles. The zero-order chi connectivity index (χ0) is 12.7. The Labute approximate surface area is 106 Å². The normalized spacial score (nSPS) is 19.6. The molecule has 0 spiro atoms. The third kappa shape index (κ3) is 1.75. The van der Waals surface area contributed by atoms with E-state index in [9.17, 15) is 0 Å². The van der Waals surface area contributed by atoms with Crippen molar-refractivity contribution in [1.82, 2.24) is 14.7 Å². The summed E-state index contributed by atoms with van der Waals surface area (Å²) in [6, 6.07) is 2.08. The molecule has 1 saturated heterocycles. The van der Waals surface area contributed by atoms with Gasteiger partial charge in [0.25, 0.3) is 5.89 Å². The summed E-state index contributed by atoms with van der Waals surface area (Å²) in [6.45, 7) is 5.62. The Morgan fingerprint density at radius 2 is 2.22 bits per heavy atom. The Morgan fingerprint density at radius 3 is 2.83 bits per heavy atom. The summed E-state index contributed by atoms with van der Waals surface area (Å²) in [6.07, 6.45) is 0.978. The van der Waals surface area contributed by atoms with Crippen LogP contribution in [0.3, 0.4) is 0 Å². The van der Waals surface area contributed by atoms with Gasteiger partial charge in [-0.25, -0.2) is 0 Å². The van der Waals surface area contributed by atoms with Crippen LogP contribution in [0.15, 0.2) is 10.6 Å². The van der Waals surface area contributed by atoms with Gasteiger partial charge in [-0.2, -0.15) is 4.98 Å². The van der Waals surface area contributed by atoms with Crippen LogP contribution < -0.4 is 0 Å². The molecule has 18 heavy (non-hydrogen) atoms. The van der Waals surface area contributed by atoms with Crippen molar-refractivity contribution in [2.24, 2.45) is 7.05 Å². The topological polar surface area (TPSA) is 53.1 Å². The number of aromatic nitrogens is 3. The number of rotatable bonds is 2. The largest absolute Gasteiger partial charge is 0.381 e. The molecular formula is C13H17N3O2. The van der Waals surface area contributed by atoms with E-state index in [0.717, 1.165) is 30.1 Å².